The molecule has 0 amide bonds. The Kier molecular flexibility index (Phi) is 37.5. The van der Waals surface area contributed by atoms with Crippen LogP contribution in [-0.4, -0.2) is 36.4 Å². The van der Waals surface area contributed by atoms with Crippen LogP contribution in [0, 0.1) is 0 Å². The molecule has 0 aromatic heterocycles. The van der Waals surface area contributed by atoms with Crippen LogP contribution in [0.4, 0.5) is 0 Å². The minimum atomic E-state index is -0.770. The summed E-state index contributed by atoms with van der Waals surface area (Å²) in [5.74, 6) is -0.599. The molecule has 276 valence electrons. The maximum absolute atomic E-state index is 12.2. The van der Waals surface area contributed by atoms with E-state index in [1.54, 1.807) is 0 Å². The van der Waals surface area contributed by atoms with Crippen molar-refractivity contribution in [2.45, 2.75) is 219 Å². The van der Waals surface area contributed by atoms with Gasteiger partial charge < -0.3 is 14.6 Å². The predicted octanol–water partition coefficient (Wildman–Crippen LogP) is 12.7. The summed E-state index contributed by atoms with van der Waals surface area (Å²) in [5.41, 5.74) is 0. The second kappa shape index (κ2) is 38.8. The second-order valence-electron chi connectivity index (χ2n) is 13.7. The van der Waals surface area contributed by atoms with Crippen molar-refractivity contribution in [2.75, 3.05) is 13.2 Å². The number of esters is 2. The SMILES string of the molecule is CCC/C=C\CCCCCCCC(=O)OCC(CO)OC(=O)CCCCCCCCCCCCC/C=C\CCCCCCCCCC. The van der Waals surface area contributed by atoms with Gasteiger partial charge in [-0.15, -0.1) is 0 Å². The largest absolute Gasteiger partial charge is 0.462 e. The van der Waals surface area contributed by atoms with Gasteiger partial charge in [0.1, 0.15) is 6.61 Å². The van der Waals surface area contributed by atoms with E-state index < -0.39 is 6.10 Å². The number of hydrogen-bond acceptors (Lipinski definition) is 5. The lowest BCUT2D eigenvalue weighted by Crippen LogP contribution is -2.28. The van der Waals surface area contributed by atoms with Crippen molar-refractivity contribution in [1.82, 2.24) is 0 Å². The molecule has 0 aliphatic carbocycles. The first kappa shape index (κ1) is 45.4. The molecule has 1 unspecified atom stereocenters. The zero-order valence-corrected chi connectivity index (χ0v) is 31.3. The molecular weight excluding hydrogens is 584 g/mol. The van der Waals surface area contributed by atoms with Crippen LogP contribution in [0.2, 0.25) is 0 Å². The molecule has 0 aromatic carbocycles. The highest BCUT2D eigenvalue weighted by Gasteiger charge is 2.16. The average Bonchev–Trinajstić information content (AvgIpc) is 3.07. The summed E-state index contributed by atoms with van der Waals surface area (Å²) >= 11 is 0. The number of carbonyl (C=O) groups excluding carboxylic acids is 2. The molecule has 0 fully saturated rings. The maximum Gasteiger partial charge on any atom is 0.306 e. The van der Waals surface area contributed by atoms with Gasteiger partial charge in [0.25, 0.3) is 0 Å². The van der Waals surface area contributed by atoms with E-state index in [0.29, 0.717) is 12.8 Å². The fourth-order valence-electron chi connectivity index (χ4n) is 5.85. The Morgan fingerprint density at radius 2 is 0.830 bits per heavy atom. The summed E-state index contributed by atoms with van der Waals surface area (Å²) in [6, 6.07) is 0. The molecule has 0 radical (unpaired) electrons. The molecule has 5 heteroatoms. The zero-order chi connectivity index (χ0) is 34.3. The van der Waals surface area contributed by atoms with E-state index >= 15 is 0 Å². The van der Waals surface area contributed by atoms with E-state index in [2.05, 4.69) is 38.2 Å². The monoisotopic (exact) mass is 663 g/mol. The number of aliphatic hydroxyl groups is 1. The molecule has 5 nitrogen and oxygen atoms in total. The van der Waals surface area contributed by atoms with Crippen molar-refractivity contribution < 1.29 is 24.2 Å². The fraction of sp³-hybridized carbons (Fsp3) is 0.857. The van der Waals surface area contributed by atoms with Crippen molar-refractivity contribution in [3.63, 3.8) is 0 Å². The van der Waals surface area contributed by atoms with Crippen LogP contribution >= 0.6 is 0 Å². The highest BCUT2D eigenvalue weighted by Crippen LogP contribution is 2.14. The number of hydrogen-bond donors (Lipinski definition) is 1. The van der Waals surface area contributed by atoms with Gasteiger partial charge in [-0.3, -0.25) is 9.59 Å². The molecule has 0 bridgehead atoms. The van der Waals surface area contributed by atoms with Gasteiger partial charge in [0, 0.05) is 12.8 Å². The lowest BCUT2D eigenvalue weighted by atomic mass is 10.0. The minimum Gasteiger partial charge on any atom is -0.462 e. The summed E-state index contributed by atoms with van der Waals surface area (Å²) < 4.78 is 10.6. The Morgan fingerprint density at radius 1 is 0.468 bits per heavy atom. The summed E-state index contributed by atoms with van der Waals surface area (Å²) in [6.45, 7) is 4.07. The number of unbranched alkanes of at least 4 members (excludes halogenated alkanes) is 25. The van der Waals surface area contributed by atoms with Crippen molar-refractivity contribution in [3.05, 3.63) is 24.3 Å². The van der Waals surface area contributed by atoms with Crippen LogP contribution in [0.1, 0.15) is 213 Å². The lowest BCUT2D eigenvalue weighted by molar-refractivity contribution is -0.161. The number of aliphatic hydroxyl groups excluding tert-OH is 1. The van der Waals surface area contributed by atoms with E-state index in [-0.39, 0.29) is 25.2 Å². The highest BCUT2D eigenvalue weighted by molar-refractivity contribution is 5.70. The maximum atomic E-state index is 12.2. The van der Waals surface area contributed by atoms with Crippen molar-refractivity contribution in [2.24, 2.45) is 0 Å². The van der Waals surface area contributed by atoms with Crippen LogP contribution in [0.25, 0.3) is 0 Å². The molecule has 0 rings (SSSR count). The van der Waals surface area contributed by atoms with Gasteiger partial charge in [-0.1, -0.05) is 167 Å². The van der Waals surface area contributed by atoms with Gasteiger partial charge in [0.05, 0.1) is 6.61 Å². The first-order valence-corrected chi connectivity index (χ1v) is 20.4. The molecule has 0 aliphatic heterocycles. The summed E-state index contributed by atoms with van der Waals surface area (Å²) in [6.07, 6.45) is 45.4. The lowest BCUT2D eigenvalue weighted by Gasteiger charge is -2.15. The van der Waals surface area contributed by atoms with Crippen LogP contribution in [0.15, 0.2) is 24.3 Å². The quantitative estimate of drug-likeness (QED) is 0.0407. The van der Waals surface area contributed by atoms with Crippen molar-refractivity contribution in [3.8, 4) is 0 Å². The number of ether oxygens (including phenoxy) is 2. The molecule has 0 aromatic rings. The van der Waals surface area contributed by atoms with E-state index in [0.717, 1.165) is 51.4 Å². The van der Waals surface area contributed by atoms with Gasteiger partial charge >= 0.3 is 11.9 Å². The summed E-state index contributed by atoms with van der Waals surface area (Å²) in [5, 5.41) is 9.53. The number of allylic oxidation sites excluding steroid dienone is 4. The van der Waals surface area contributed by atoms with Crippen LogP contribution in [0.5, 0.6) is 0 Å². The smallest absolute Gasteiger partial charge is 0.306 e. The molecule has 0 saturated heterocycles. The standard InChI is InChI=1S/C42H78O5/c1-3-5-7-9-11-13-15-16-17-18-19-20-21-22-23-24-25-26-27-29-31-33-35-37-42(45)47-40(38-43)39-46-41(44)36-34-32-30-28-14-12-10-8-6-4-2/h8,10,18-19,40,43H,3-7,9,11-17,20-39H2,1-2H3/b10-8-,19-18-. The average molecular weight is 663 g/mol. The third-order valence-electron chi connectivity index (χ3n) is 8.95. The van der Waals surface area contributed by atoms with Gasteiger partial charge in [-0.05, 0) is 57.8 Å². The highest BCUT2D eigenvalue weighted by atomic mass is 16.6. The number of rotatable bonds is 37. The van der Waals surface area contributed by atoms with Gasteiger partial charge in [0.2, 0.25) is 0 Å². The Morgan fingerprint density at radius 3 is 1.23 bits per heavy atom. The molecule has 0 saturated carbocycles. The molecule has 1 N–H and O–H groups in total. The first-order chi connectivity index (χ1) is 23.1. The normalized spacial score (nSPS) is 12.3. The number of carbonyl (C=O) groups is 2. The molecule has 1 atom stereocenters. The van der Waals surface area contributed by atoms with E-state index in [4.69, 9.17) is 9.47 Å². The third-order valence-corrected chi connectivity index (χ3v) is 8.95. The predicted molar refractivity (Wildman–Crippen MR) is 201 cm³/mol. The van der Waals surface area contributed by atoms with E-state index in [1.807, 2.05) is 0 Å². The van der Waals surface area contributed by atoms with E-state index in [9.17, 15) is 14.7 Å². The second-order valence-corrected chi connectivity index (χ2v) is 13.7. The Hall–Kier alpha value is -1.62. The Balaban J connectivity index is 3.48. The molecule has 0 heterocycles. The molecule has 47 heavy (non-hydrogen) atoms. The minimum absolute atomic E-state index is 0.0678. The summed E-state index contributed by atoms with van der Waals surface area (Å²) in [4.78, 5) is 24.2. The van der Waals surface area contributed by atoms with Crippen LogP contribution < -0.4 is 0 Å². The van der Waals surface area contributed by atoms with Gasteiger partial charge in [0.15, 0.2) is 6.10 Å². The Bertz CT molecular complexity index is 716. The Labute approximate surface area is 292 Å². The van der Waals surface area contributed by atoms with Gasteiger partial charge in [-0.2, -0.15) is 0 Å². The van der Waals surface area contributed by atoms with Crippen LogP contribution in [0.3, 0.4) is 0 Å². The fourth-order valence-corrected chi connectivity index (χ4v) is 5.85. The van der Waals surface area contributed by atoms with E-state index in [1.165, 1.54) is 135 Å². The zero-order valence-electron chi connectivity index (χ0n) is 31.3. The summed E-state index contributed by atoms with van der Waals surface area (Å²) in [7, 11) is 0. The third kappa shape index (κ3) is 37.1. The molecular formula is C42H78O5. The molecule has 0 spiro atoms. The first-order valence-electron chi connectivity index (χ1n) is 20.4. The van der Waals surface area contributed by atoms with Crippen molar-refractivity contribution in [1.29, 1.82) is 0 Å². The van der Waals surface area contributed by atoms with Crippen LogP contribution in [-0.2, 0) is 19.1 Å². The topological polar surface area (TPSA) is 72.8 Å². The molecule has 0 aliphatic rings. The van der Waals surface area contributed by atoms with Crippen molar-refractivity contribution >= 4 is 11.9 Å². The van der Waals surface area contributed by atoms with Gasteiger partial charge in [-0.25, -0.2) is 0 Å².